The second-order valence-electron chi connectivity index (χ2n) is 9.04. The fourth-order valence-corrected chi connectivity index (χ4v) is 4.76. The van der Waals surface area contributed by atoms with Gasteiger partial charge in [0.15, 0.2) is 11.8 Å². The average molecular weight is 567 g/mol. The summed E-state index contributed by atoms with van der Waals surface area (Å²) in [6.45, 7) is 1.96. The molecule has 10 heteroatoms. The van der Waals surface area contributed by atoms with E-state index in [1.54, 1.807) is 60.9 Å². The van der Waals surface area contributed by atoms with Crippen molar-refractivity contribution in [3.05, 3.63) is 119 Å². The van der Waals surface area contributed by atoms with E-state index in [9.17, 15) is 14.7 Å². The number of anilines is 1. The van der Waals surface area contributed by atoms with E-state index >= 15 is 0 Å². The van der Waals surface area contributed by atoms with E-state index in [4.69, 9.17) is 9.15 Å². The molecule has 41 heavy (non-hydrogen) atoms. The van der Waals surface area contributed by atoms with E-state index in [0.717, 1.165) is 11.1 Å². The van der Waals surface area contributed by atoms with Crippen molar-refractivity contribution in [1.29, 1.82) is 0 Å². The SMILES string of the molecule is Cc1ccc(NC(=O)COc2ccccc2/C=C2\S/C(=N\N=C\c3ccc(O)cc3)N(Cc3ccco3)C2=O)cc1. The Morgan fingerprint density at radius 1 is 1.05 bits per heavy atom. The third-order valence-corrected chi connectivity index (χ3v) is 6.92. The Morgan fingerprint density at radius 3 is 2.59 bits per heavy atom. The zero-order chi connectivity index (χ0) is 28.6. The van der Waals surface area contributed by atoms with Crippen molar-refractivity contribution in [3.8, 4) is 11.5 Å². The van der Waals surface area contributed by atoms with Gasteiger partial charge in [0.05, 0.1) is 23.9 Å². The van der Waals surface area contributed by atoms with Gasteiger partial charge < -0.3 is 19.6 Å². The van der Waals surface area contributed by atoms with E-state index in [1.165, 1.54) is 22.9 Å². The van der Waals surface area contributed by atoms with Crippen molar-refractivity contribution >= 4 is 46.7 Å². The molecule has 4 aromatic rings. The molecule has 0 bridgehead atoms. The maximum atomic E-state index is 13.5. The van der Waals surface area contributed by atoms with Gasteiger partial charge in [0.2, 0.25) is 0 Å². The van der Waals surface area contributed by atoms with E-state index in [0.29, 0.717) is 32.8 Å². The number of para-hydroxylation sites is 1. The molecule has 1 fully saturated rings. The van der Waals surface area contributed by atoms with Crippen molar-refractivity contribution in [1.82, 2.24) is 4.90 Å². The number of ether oxygens (including phenoxy) is 1. The fourth-order valence-electron chi connectivity index (χ4n) is 3.84. The van der Waals surface area contributed by atoms with Gasteiger partial charge in [-0.15, -0.1) is 5.10 Å². The number of phenolic OH excluding ortho intramolecular Hbond substituents is 1. The van der Waals surface area contributed by atoms with Gasteiger partial charge in [-0.25, -0.2) is 0 Å². The lowest BCUT2D eigenvalue weighted by Gasteiger charge is -2.12. The van der Waals surface area contributed by atoms with E-state index in [-0.39, 0.29) is 30.7 Å². The smallest absolute Gasteiger partial charge is 0.267 e. The predicted octanol–water partition coefficient (Wildman–Crippen LogP) is 5.82. The number of nitrogens with one attached hydrogen (secondary N) is 1. The Kier molecular flexibility index (Phi) is 8.61. The van der Waals surface area contributed by atoms with Gasteiger partial charge in [0.25, 0.3) is 11.8 Å². The molecule has 5 rings (SSSR count). The molecule has 2 N–H and O–H groups in total. The summed E-state index contributed by atoms with van der Waals surface area (Å²) in [5, 5.41) is 21.1. The van der Waals surface area contributed by atoms with Crippen molar-refractivity contribution in [2.45, 2.75) is 13.5 Å². The lowest BCUT2D eigenvalue weighted by molar-refractivity contribution is -0.122. The number of amides is 2. The topological polar surface area (TPSA) is 117 Å². The molecule has 3 aromatic carbocycles. The highest BCUT2D eigenvalue weighted by atomic mass is 32.2. The number of carbonyl (C=O) groups excluding carboxylic acids is 2. The molecule has 0 aliphatic carbocycles. The maximum absolute atomic E-state index is 13.5. The lowest BCUT2D eigenvalue weighted by Crippen LogP contribution is -2.28. The summed E-state index contributed by atoms with van der Waals surface area (Å²) >= 11 is 1.17. The van der Waals surface area contributed by atoms with E-state index in [1.807, 2.05) is 43.3 Å². The quantitative estimate of drug-likeness (QED) is 0.150. The van der Waals surface area contributed by atoms with Crippen LogP contribution in [0.4, 0.5) is 5.69 Å². The molecule has 1 saturated heterocycles. The van der Waals surface area contributed by atoms with Crippen LogP contribution in [0.2, 0.25) is 0 Å². The first kappa shape index (κ1) is 27.5. The van der Waals surface area contributed by atoms with Crippen LogP contribution in [-0.4, -0.2) is 39.8 Å². The van der Waals surface area contributed by atoms with Crippen LogP contribution in [0, 0.1) is 6.92 Å². The van der Waals surface area contributed by atoms with Crippen LogP contribution in [0.3, 0.4) is 0 Å². The molecule has 1 aliphatic rings. The number of phenols is 1. The van der Waals surface area contributed by atoms with Crippen LogP contribution in [0.5, 0.6) is 11.5 Å². The molecule has 0 saturated carbocycles. The highest BCUT2D eigenvalue weighted by molar-refractivity contribution is 8.18. The standard InChI is InChI=1S/C31H26N4O5S/c1-21-8-12-24(13-9-21)33-29(37)20-40-27-7-3-2-5-23(27)17-28-30(38)35(19-26-6-4-16-39-26)31(41-28)34-32-18-22-10-14-25(36)15-11-22/h2-18,36H,19-20H2,1H3,(H,33,37)/b28-17-,32-18+,34-31-. The minimum Gasteiger partial charge on any atom is -0.508 e. The third-order valence-electron chi connectivity index (χ3n) is 5.93. The van der Waals surface area contributed by atoms with Crippen LogP contribution in [0.15, 0.2) is 111 Å². The van der Waals surface area contributed by atoms with Gasteiger partial charge in [-0.05, 0) is 84.9 Å². The number of furan rings is 1. The number of thioether (sulfide) groups is 1. The number of carbonyl (C=O) groups is 2. The van der Waals surface area contributed by atoms with Crippen LogP contribution in [0.1, 0.15) is 22.5 Å². The average Bonchev–Trinajstić information content (AvgIpc) is 3.59. The summed E-state index contributed by atoms with van der Waals surface area (Å²) in [7, 11) is 0. The van der Waals surface area contributed by atoms with Crippen molar-refractivity contribution in [2.75, 3.05) is 11.9 Å². The Labute approximate surface area is 240 Å². The van der Waals surface area contributed by atoms with Gasteiger partial charge in [0.1, 0.15) is 17.3 Å². The Bertz CT molecular complexity index is 1610. The zero-order valence-corrected chi connectivity index (χ0v) is 22.9. The number of rotatable bonds is 9. The van der Waals surface area contributed by atoms with Crippen LogP contribution < -0.4 is 10.1 Å². The zero-order valence-electron chi connectivity index (χ0n) is 22.1. The second-order valence-corrected chi connectivity index (χ2v) is 10.0. The number of hydrogen-bond acceptors (Lipinski definition) is 8. The van der Waals surface area contributed by atoms with E-state index in [2.05, 4.69) is 15.5 Å². The van der Waals surface area contributed by atoms with Crippen molar-refractivity contribution in [3.63, 3.8) is 0 Å². The Morgan fingerprint density at radius 2 is 1.83 bits per heavy atom. The molecule has 9 nitrogen and oxygen atoms in total. The molecular formula is C31H26N4O5S. The molecule has 206 valence electrons. The minimum atomic E-state index is -0.298. The number of benzene rings is 3. The third kappa shape index (κ3) is 7.31. The Balaban J connectivity index is 1.33. The first-order valence-corrected chi connectivity index (χ1v) is 13.5. The predicted molar refractivity (Wildman–Crippen MR) is 160 cm³/mol. The summed E-state index contributed by atoms with van der Waals surface area (Å²) in [6, 6.07) is 24.7. The molecule has 2 amide bonds. The lowest BCUT2D eigenvalue weighted by atomic mass is 10.2. The molecular weight excluding hydrogens is 540 g/mol. The van der Waals surface area contributed by atoms with Crippen molar-refractivity contribution < 1.29 is 23.8 Å². The number of hydrogen-bond donors (Lipinski definition) is 2. The fraction of sp³-hybridized carbons (Fsp3) is 0.0968. The van der Waals surface area contributed by atoms with Gasteiger partial charge in [0, 0.05) is 11.3 Å². The highest BCUT2D eigenvalue weighted by Gasteiger charge is 2.34. The van der Waals surface area contributed by atoms with Gasteiger partial charge >= 0.3 is 0 Å². The molecule has 0 spiro atoms. The minimum absolute atomic E-state index is 0.154. The summed E-state index contributed by atoms with van der Waals surface area (Å²) < 4.78 is 11.3. The van der Waals surface area contributed by atoms with Gasteiger partial charge in [-0.1, -0.05) is 35.9 Å². The molecule has 0 atom stereocenters. The first-order chi connectivity index (χ1) is 19.9. The maximum Gasteiger partial charge on any atom is 0.267 e. The van der Waals surface area contributed by atoms with Gasteiger partial charge in [-0.2, -0.15) is 5.10 Å². The molecule has 2 heterocycles. The van der Waals surface area contributed by atoms with Crippen LogP contribution in [0.25, 0.3) is 6.08 Å². The number of aromatic hydroxyl groups is 1. The monoisotopic (exact) mass is 566 g/mol. The van der Waals surface area contributed by atoms with Crippen LogP contribution >= 0.6 is 11.8 Å². The second kappa shape index (κ2) is 12.8. The normalized spacial score (nSPS) is 15.2. The van der Waals surface area contributed by atoms with Gasteiger partial charge in [-0.3, -0.25) is 14.5 Å². The highest BCUT2D eigenvalue weighted by Crippen LogP contribution is 2.35. The number of nitrogens with zero attached hydrogens (tertiary/aromatic N) is 3. The molecule has 0 radical (unpaired) electrons. The summed E-state index contributed by atoms with van der Waals surface area (Å²) in [5.74, 6) is 0.644. The molecule has 0 unspecified atom stereocenters. The summed E-state index contributed by atoms with van der Waals surface area (Å²) in [6.07, 6.45) is 4.79. The van der Waals surface area contributed by atoms with E-state index < -0.39 is 0 Å². The summed E-state index contributed by atoms with van der Waals surface area (Å²) in [4.78, 5) is 27.8. The first-order valence-electron chi connectivity index (χ1n) is 12.7. The van der Waals surface area contributed by atoms with Crippen LogP contribution in [-0.2, 0) is 16.1 Å². The number of amidine groups is 1. The molecule has 1 aliphatic heterocycles. The number of aryl methyl sites for hydroxylation is 1. The van der Waals surface area contributed by atoms with Crippen molar-refractivity contribution in [2.24, 2.45) is 10.2 Å². The molecule has 1 aromatic heterocycles. The summed E-state index contributed by atoms with van der Waals surface area (Å²) in [5.41, 5.74) is 3.16. The largest absolute Gasteiger partial charge is 0.508 e. The Hall–Kier alpha value is -5.09.